The molecule has 0 aliphatic heterocycles. The van der Waals surface area contributed by atoms with E-state index in [2.05, 4.69) is 9.71 Å². The fourth-order valence-electron chi connectivity index (χ4n) is 1.60. The van der Waals surface area contributed by atoms with Crippen LogP contribution < -0.4 is 4.72 Å². The van der Waals surface area contributed by atoms with Crippen molar-refractivity contribution < 1.29 is 8.42 Å². The van der Waals surface area contributed by atoms with E-state index in [1.165, 1.54) is 6.20 Å². The predicted octanol–water partition coefficient (Wildman–Crippen LogP) is 3.55. The van der Waals surface area contributed by atoms with Gasteiger partial charge in [-0.15, -0.1) is 22.9 Å². The van der Waals surface area contributed by atoms with Crippen LogP contribution in [-0.4, -0.2) is 13.4 Å². The largest absolute Gasteiger partial charge is 0.279 e. The van der Waals surface area contributed by atoms with Gasteiger partial charge in [0, 0.05) is 0 Å². The van der Waals surface area contributed by atoms with Crippen molar-refractivity contribution in [2.45, 2.75) is 23.4 Å². The van der Waals surface area contributed by atoms with Crippen molar-refractivity contribution in [3.05, 3.63) is 41.0 Å². The lowest BCUT2D eigenvalue weighted by atomic mass is 10.1. The molecule has 0 saturated heterocycles. The molecule has 0 radical (unpaired) electrons. The summed E-state index contributed by atoms with van der Waals surface area (Å²) in [5.41, 5.74) is 1.24. The molecule has 0 spiro atoms. The molecule has 1 aromatic carbocycles. The lowest BCUT2D eigenvalue weighted by molar-refractivity contribution is 0.603. The van der Waals surface area contributed by atoms with Gasteiger partial charge in [-0.05, 0) is 25.5 Å². The van der Waals surface area contributed by atoms with E-state index in [1.807, 2.05) is 6.07 Å². The number of thiazole rings is 1. The Hall–Kier alpha value is -1.11. The molecule has 2 rings (SSSR count). The molecule has 0 bridgehead atoms. The van der Waals surface area contributed by atoms with Crippen LogP contribution >= 0.6 is 22.9 Å². The average molecular weight is 317 g/mol. The predicted molar refractivity (Wildman–Crippen MR) is 78.4 cm³/mol. The van der Waals surface area contributed by atoms with E-state index in [-0.39, 0.29) is 9.59 Å². The van der Waals surface area contributed by atoms with Gasteiger partial charge in [0.25, 0.3) is 10.0 Å². The van der Waals surface area contributed by atoms with Crippen LogP contribution in [0, 0.1) is 6.92 Å². The highest BCUT2D eigenvalue weighted by Crippen LogP contribution is 2.29. The van der Waals surface area contributed by atoms with E-state index in [4.69, 9.17) is 11.6 Å². The van der Waals surface area contributed by atoms with Crippen LogP contribution in [0.25, 0.3) is 0 Å². The summed E-state index contributed by atoms with van der Waals surface area (Å²) < 4.78 is 27.2. The topological polar surface area (TPSA) is 59.1 Å². The molecule has 19 heavy (non-hydrogen) atoms. The summed E-state index contributed by atoms with van der Waals surface area (Å²) >= 11 is 7.18. The van der Waals surface area contributed by atoms with Crippen LogP contribution in [0.2, 0.25) is 0 Å². The lowest BCUT2D eigenvalue weighted by Crippen LogP contribution is -2.13. The zero-order valence-corrected chi connectivity index (χ0v) is 12.8. The third-order valence-electron chi connectivity index (χ3n) is 2.50. The molecule has 4 nitrogen and oxygen atoms in total. The number of benzene rings is 1. The van der Waals surface area contributed by atoms with E-state index < -0.39 is 10.0 Å². The van der Waals surface area contributed by atoms with Gasteiger partial charge in [0.15, 0.2) is 4.21 Å². The highest BCUT2D eigenvalue weighted by Gasteiger charge is 2.19. The Morgan fingerprint density at radius 3 is 2.63 bits per heavy atom. The number of alkyl halides is 1. The number of aryl methyl sites for hydroxylation is 1. The van der Waals surface area contributed by atoms with Crippen molar-refractivity contribution in [3.63, 3.8) is 0 Å². The van der Waals surface area contributed by atoms with Crippen LogP contribution in [0.5, 0.6) is 0 Å². The van der Waals surface area contributed by atoms with Gasteiger partial charge in [0.05, 0.1) is 22.3 Å². The van der Waals surface area contributed by atoms with Crippen molar-refractivity contribution in [1.29, 1.82) is 0 Å². The van der Waals surface area contributed by atoms with E-state index in [0.717, 1.165) is 16.9 Å². The van der Waals surface area contributed by atoms with Gasteiger partial charge in [0.2, 0.25) is 0 Å². The Labute approximate surface area is 121 Å². The Bertz CT molecular complexity index is 681. The van der Waals surface area contributed by atoms with E-state index in [9.17, 15) is 8.42 Å². The van der Waals surface area contributed by atoms with Gasteiger partial charge in [-0.2, -0.15) is 0 Å². The number of rotatable bonds is 4. The van der Waals surface area contributed by atoms with Crippen molar-refractivity contribution in [1.82, 2.24) is 4.98 Å². The molecule has 1 heterocycles. The maximum absolute atomic E-state index is 12.2. The summed E-state index contributed by atoms with van der Waals surface area (Å²) in [6.07, 6.45) is 1.36. The fraction of sp³-hybridized carbons (Fsp3) is 0.250. The fourth-order valence-corrected chi connectivity index (χ4v) is 3.98. The number of nitrogens with zero attached hydrogens (tertiary/aromatic N) is 1. The second-order valence-electron chi connectivity index (χ2n) is 4.01. The average Bonchev–Trinajstić information content (AvgIpc) is 2.76. The van der Waals surface area contributed by atoms with Crippen molar-refractivity contribution in [2.75, 3.05) is 4.72 Å². The monoisotopic (exact) mass is 316 g/mol. The first-order chi connectivity index (χ1) is 8.90. The van der Waals surface area contributed by atoms with E-state index in [0.29, 0.717) is 10.7 Å². The molecule has 2 aromatic rings. The summed E-state index contributed by atoms with van der Waals surface area (Å²) in [5, 5.41) is 0.432. The number of para-hydroxylation sites is 1. The molecule has 0 saturated carbocycles. The molecule has 1 atom stereocenters. The summed E-state index contributed by atoms with van der Waals surface area (Å²) in [4.78, 5) is 3.96. The Morgan fingerprint density at radius 2 is 2.05 bits per heavy atom. The van der Waals surface area contributed by atoms with Gasteiger partial charge in [-0.1, -0.05) is 18.2 Å². The number of hydrogen-bond acceptors (Lipinski definition) is 4. The Morgan fingerprint density at radius 1 is 1.37 bits per heavy atom. The zero-order valence-electron chi connectivity index (χ0n) is 10.4. The lowest BCUT2D eigenvalue weighted by Gasteiger charge is -2.12. The minimum Gasteiger partial charge on any atom is -0.279 e. The first kappa shape index (κ1) is 14.3. The molecule has 1 N–H and O–H groups in total. The second kappa shape index (κ2) is 5.48. The minimum absolute atomic E-state index is 0.196. The van der Waals surface area contributed by atoms with Crippen LogP contribution in [0.15, 0.2) is 34.7 Å². The van der Waals surface area contributed by atoms with Gasteiger partial charge in [0.1, 0.15) is 0 Å². The highest BCUT2D eigenvalue weighted by atomic mass is 35.5. The number of hydrogen-bond donors (Lipinski definition) is 1. The maximum Gasteiger partial charge on any atom is 0.273 e. The number of sulfonamides is 1. The van der Waals surface area contributed by atoms with Gasteiger partial charge >= 0.3 is 0 Å². The SMILES string of the molecule is Cc1ncc(S(=O)(=O)Nc2ccccc2C(C)Cl)s1. The molecule has 1 unspecified atom stereocenters. The third kappa shape index (κ3) is 3.26. The standard InChI is InChI=1S/C12H13ClN2O2S2/c1-8(13)10-5-3-4-6-11(10)15-19(16,17)12-7-14-9(2)18-12/h3-8,15H,1-2H3. The van der Waals surface area contributed by atoms with Gasteiger partial charge < -0.3 is 0 Å². The maximum atomic E-state index is 12.2. The number of aromatic nitrogens is 1. The molecular weight excluding hydrogens is 304 g/mol. The molecule has 102 valence electrons. The first-order valence-electron chi connectivity index (χ1n) is 5.58. The number of anilines is 1. The third-order valence-corrected chi connectivity index (χ3v) is 5.47. The summed E-state index contributed by atoms with van der Waals surface area (Å²) in [7, 11) is -3.60. The molecule has 0 amide bonds. The zero-order chi connectivity index (χ0) is 14.0. The van der Waals surface area contributed by atoms with E-state index in [1.54, 1.807) is 32.0 Å². The highest BCUT2D eigenvalue weighted by molar-refractivity contribution is 7.94. The van der Waals surface area contributed by atoms with Crippen LogP contribution in [0.4, 0.5) is 5.69 Å². The minimum atomic E-state index is -3.60. The number of halogens is 1. The van der Waals surface area contributed by atoms with Crippen molar-refractivity contribution in [3.8, 4) is 0 Å². The van der Waals surface area contributed by atoms with Crippen molar-refractivity contribution in [2.24, 2.45) is 0 Å². The van der Waals surface area contributed by atoms with Crippen LogP contribution in [0.1, 0.15) is 22.9 Å². The van der Waals surface area contributed by atoms with E-state index >= 15 is 0 Å². The van der Waals surface area contributed by atoms with Crippen LogP contribution in [-0.2, 0) is 10.0 Å². The quantitative estimate of drug-likeness (QED) is 0.877. The molecule has 7 heteroatoms. The summed E-state index contributed by atoms with van der Waals surface area (Å²) in [5.74, 6) is 0. The molecule has 0 fully saturated rings. The second-order valence-corrected chi connectivity index (χ2v) is 7.81. The van der Waals surface area contributed by atoms with Gasteiger partial charge in [-0.3, -0.25) is 4.72 Å². The molecule has 1 aromatic heterocycles. The molecular formula is C12H13ClN2O2S2. The number of nitrogens with one attached hydrogen (secondary N) is 1. The Balaban J connectivity index is 2.36. The molecule has 0 aliphatic carbocycles. The summed E-state index contributed by atoms with van der Waals surface area (Å²) in [6.45, 7) is 3.56. The smallest absolute Gasteiger partial charge is 0.273 e. The van der Waals surface area contributed by atoms with Crippen LogP contribution in [0.3, 0.4) is 0 Å². The van der Waals surface area contributed by atoms with Gasteiger partial charge in [-0.25, -0.2) is 13.4 Å². The first-order valence-corrected chi connectivity index (χ1v) is 8.32. The van der Waals surface area contributed by atoms with Crippen molar-refractivity contribution >= 4 is 38.6 Å². The molecule has 0 aliphatic rings. The Kier molecular flexibility index (Phi) is 4.13. The normalized spacial score (nSPS) is 13.2. The summed E-state index contributed by atoms with van der Waals surface area (Å²) in [6, 6.07) is 7.08.